The highest BCUT2D eigenvalue weighted by Gasteiger charge is 2.04. The number of methoxy groups -OCH3 is 1. The first-order valence-corrected chi connectivity index (χ1v) is 6.94. The Labute approximate surface area is 113 Å². The molecule has 0 radical (unpaired) electrons. The smallest absolute Gasteiger partial charge is 0.203 e. The summed E-state index contributed by atoms with van der Waals surface area (Å²) in [6.45, 7) is 2.28. The molecule has 0 saturated heterocycles. The summed E-state index contributed by atoms with van der Waals surface area (Å²) in [5.74, 6) is 0.877. The lowest BCUT2D eigenvalue weighted by Gasteiger charge is -2.08. The van der Waals surface area contributed by atoms with E-state index in [1.54, 1.807) is 24.6 Å². The van der Waals surface area contributed by atoms with Gasteiger partial charge in [-0.3, -0.25) is 0 Å². The minimum Gasteiger partial charge on any atom is -0.383 e. The van der Waals surface area contributed by atoms with Gasteiger partial charge in [-0.25, -0.2) is 4.98 Å². The Morgan fingerprint density at radius 3 is 3.18 bits per heavy atom. The number of thiophene rings is 1. The Morgan fingerprint density at radius 1 is 1.59 bits per heavy atom. The SMILES string of the molecule is COCCn1ccnc1NCc1sccc1Br. The van der Waals surface area contributed by atoms with Crippen molar-refractivity contribution in [2.45, 2.75) is 13.1 Å². The van der Waals surface area contributed by atoms with Crippen LogP contribution in [0.3, 0.4) is 0 Å². The van der Waals surface area contributed by atoms with E-state index in [4.69, 9.17) is 4.74 Å². The number of nitrogens with zero attached hydrogens (tertiary/aromatic N) is 2. The van der Waals surface area contributed by atoms with Gasteiger partial charge in [-0.05, 0) is 27.4 Å². The molecule has 0 aliphatic rings. The number of halogens is 1. The molecule has 6 heteroatoms. The van der Waals surface area contributed by atoms with Gasteiger partial charge in [0.05, 0.1) is 13.2 Å². The third kappa shape index (κ3) is 3.31. The van der Waals surface area contributed by atoms with E-state index in [-0.39, 0.29) is 0 Å². The Balaban J connectivity index is 1.95. The number of nitrogens with one attached hydrogen (secondary N) is 1. The maximum atomic E-state index is 5.06. The molecular weight excluding hydrogens is 302 g/mol. The van der Waals surface area contributed by atoms with Crippen LogP contribution < -0.4 is 5.32 Å². The number of aromatic nitrogens is 2. The van der Waals surface area contributed by atoms with Gasteiger partial charge in [0.1, 0.15) is 0 Å². The average Bonchev–Trinajstić information content (AvgIpc) is 2.93. The zero-order chi connectivity index (χ0) is 12.1. The van der Waals surface area contributed by atoms with Gasteiger partial charge in [-0.1, -0.05) is 0 Å². The van der Waals surface area contributed by atoms with Crippen LogP contribution in [0.25, 0.3) is 0 Å². The normalized spacial score (nSPS) is 10.7. The fraction of sp³-hybridized carbons (Fsp3) is 0.364. The van der Waals surface area contributed by atoms with Gasteiger partial charge in [0.25, 0.3) is 0 Å². The van der Waals surface area contributed by atoms with Gasteiger partial charge in [-0.2, -0.15) is 0 Å². The van der Waals surface area contributed by atoms with Gasteiger partial charge < -0.3 is 14.6 Å². The summed E-state index contributed by atoms with van der Waals surface area (Å²) in [5, 5.41) is 5.39. The predicted molar refractivity (Wildman–Crippen MR) is 73.4 cm³/mol. The molecule has 0 fully saturated rings. The van der Waals surface area contributed by atoms with E-state index >= 15 is 0 Å². The van der Waals surface area contributed by atoms with E-state index in [0.29, 0.717) is 6.61 Å². The van der Waals surface area contributed by atoms with Crippen molar-refractivity contribution in [3.8, 4) is 0 Å². The second-order valence-electron chi connectivity index (χ2n) is 3.48. The van der Waals surface area contributed by atoms with Crippen LogP contribution in [0.5, 0.6) is 0 Å². The number of rotatable bonds is 6. The quantitative estimate of drug-likeness (QED) is 0.890. The molecule has 0 aliphatic carbocycles. The molecule has 1 N–H and O–H groups in total. The average molecular weight is 316 g/mol. The summed E-state index contributed by atoms with van der Waals surface area (Å²) in [7, 11) is 1.70. The molecule has 0 bridgehead atoms. The van der Waals surface area contributed by atoms with Crippen LogP contribution in [-0.2, 0) is 17.8 Å². The lowest BCUT2D eigenvalue weighted by Crippen LogP contribution is -2.09. The highest BCUT2D eigenvalue weighted by molar-refractivity contribution is 9.10. The Bertz CT molecular complexity index is 469. The first kappa shape index (κ1) is 12.6. The fourth-order valence-corrected chi connectivity index (χ4v) is 2.89. The van der Waals surface area contributed by atoms with E-state index in [2.05, 4.69) is 37.7 Å². The summed E-state index contributed by atoms with van der Waals surface area (Å²) in [5.41, 5.74) is 0. The van der Waals surface area contributed by atoms with E-state index in [1.165, 1.54) is 4.88 Å². The van der Waals surface area contributed by atoms with Crippen LogP contribution in [0.15, 0.2) is 28.3 Å². The van der Waals surface area contributed by atoms with Crippen LogP contribution >= 0.6 is 27.3 Å². The van der Waals surface area contributed by atoms with Crippen LogP contribution in [0, 0.1) is 0 Å². The molecule has 0 atom stereocenters. The van der Waals surface area contributed by atoms with E-state index < -0.39 is 0 Å². The lowest BCUT2D eigenvalue weighted by atomic mass is 10.5. The largest absolute Gasteiger partial charge is 0.383 e. The minimum atomic E-state index is 0.688. The summed E-state index contributed by atoms with van der Waals surface area (Å²) < 4.78 is 8.25. The molecule has 4 nitrogen and oxygen atoms in total. The van der Waals surface area contributed by atoms with E-state index in [9.17, 15) is 0 Å². The summed E-state index contributed by atoms with van der Waals surface area (Å²) >= 11 is 5.24. The number of hydrogen-bond donors (Lipinski definition) is 1. The van der Waals surface area contributed by atoms with Crippen LogP contribution in [0.1, 0.15) is 4.88 Å². The standard InChI is InChI=1S/C11H14BrN3OS/c1-16-6-5-15-4-3-13-11(15)14-8-10-9(12)2-7-17-10/h2-4,7H,5-6,8H2,1H3,(H,13,14). The maximum absolute atomic E-state index is 5.06. The lowest BCUT2D eigenvalue weighted by molar-refractivity contribution is 0.187. The zero-order valence-corrected chi connectivity index (χ0v) is 11.9. The van der Waals surface area contributed by atoms with Crippen molar-refractivity contribution in [3.05, 3.63) is 33.2 Å². The second-order valence-corrected chi connectivity index (χ2v) is 5.34. The highest BCUT2D eigenvalue weighted by atomic mass is 79.9. The molecule has 0 amide bonds. The van der Waals surface area contributed by atoms with E-state index in [1.807, 2.05) is 10.8 Å². The van der Waals surface area contributed by atoms with Gasteiger partial charge in [0.15, 0.2) is 0 Å². The number of ether oxygens (including phenoxy) is 1. The molecule has 2 heterocycles. The molecule has 2 rings (SSSR count). The fourth-order valence-electron chi connectivity index (χ4n) is 1.46. The molecule has 17 heavy (non-hydrogen) atoms. The molecule has 0 spiro atoms. The summed E-state index contributed by atoms with van der Waals surface area (Å²) in [6.07, 6.45) is 3.74. The van der Waals surface area contributed by atoms with Crippen molar-refractivity contribution >= 4 is 33.2 Å². The zero-order valence-electron chi connectivity index (χ0n) is 9.52. The molecule has 0 unspecified atom stereocenters. The molecule has 0 aliphatic heterocycles. The van der Waals surface area contributed by atoms with Crippen LogP contribution in [0.2, 0.25) is 0 Å². The van der Waals surface area contributed by atoms with Crippen molar-refractivity contribution in [2.24, 2.45) is 0 Å². The Morgan fingerprint density at radius 2 is 2.47 bits per heavy atom. The summed E-state index contributed by atoms with van der Waals surface area (Å²) in [4.78, 5) is 5.55. The molecule has 92 valence electrons. The van der Waals surface area contributed by atoms with Crippen molar-refractivity contribution in [1.29, 1.82) is 0 Å². The third-order valence-corrected chi connectivity index (χ3v) is 4.28. The van der Waals surface area contributed by atoms with Gasteiger partial charge in [0.2, 0.25) is 5.95 Å². The maximum Gasteiger partial charge on any atom is 0.203 e. The topological polar surface area (TPSA) is 39.1 Å². The summed E-state index contributed by atoms with van der Waals surface area (Å²) in [6, 6.07) is 2.05. The van der Waals surface area contributed by atoms with Crippen molar-refractivity contribution < 1.29 is 4.74 Å². The van der Waals surface area contributed by atoms with Crippen molar-refractivity contribution in [1.82, 2.24) is 9.55 Å². The number of hydrogen-bond acceptors (Lipinski definition) is 4. The molecule has 2 aromatic heterocycles. The minimum absolute atomic E-state index is 0.688. The highest BCUT2D eigenvalue weighted by Crippen LogP contribution is 2.23. The monoisotopic (exact) mass is 315 g/mol. The van der Waals surface area contributed by atoms with Crippen LogP contribution in [-0.4, -0.2) is 23.3 Å². The van der Waals surface area contributed by atoms with Crippen molar-refractivity contribution in [3.63, 3.8) is 0 Å². The predicted octanol–water partition coefficient (Wildman–Crippen LogP) is 2.97. The first-order chi connectivity index (χ1) is 8.31. The van der Waals surface area contributed by atoms with Gasteiger partial charge in [0, 0.05) is 35.4 Å². The Hall–Kier alpha value is -0.850. The van der Waals surface area contributed by atoms with Gasteiger partial charge >= 0.3 is 0 Å². The van der Waals surface area contributed by atoms with Gasteiger partial charge in [-0.15, -0.1) is 11.3 Å². The third-order valence-electron chi connectivity index (χ3n) is 2.35. The molecular formula is C11H14BrN3OS. The molecule has 2 aromatic rings. The molecule has 0 saturated carbocycles. The second kappa shape index (κ2) is 6.18. The Kier molecular flexibility index (Phi) is 4.58. The first-order valence-electron chi connectivity index (χ1n) is 5.27. The number of imidazole rings is 1. The van der Waals surface area contributed by atoms with E-state index in [0.717, 1.165) is 23.5 Å². The van der Waals surface area contributed by atoms with Crippen LogP contribution in [0.4, 0.5) is 5.95 Å². The number of anilines is 1. The molecule has 0 aromatic carbocycles. The van der Waals surface area contributed by atoms with Crippen molar-refractivity contribution in [2.75, 3.05) is 19.0 Å².